The van der Waals surface area contributed by atoms with Crippen molar-refractivity contribution >= 4 is 6.29 Å². The second-order valence-electron chi connectivity index (χ2n) is 2.44. The van der Waals surface area contributed by atoms with Crippen LogP contribution in [-0.4, -0.2) is 18.0 Å². The van der Waals surface area contributed by atoms with Gasteiger partial charge in [-0.1, -0.05) is 12.7 Å². The molecule has 0 spiro atoms. The highest BCUT2D eigenvalue weighted by Gasteiger charge is 2.02. The Hall–Kier alpha value is -1.77. The van der Waals surface area contributed by atoms with E-state index >= 15 is 0 Å². The zero-order chi connectivity index (χ0) is 9.68. The number of aldehydes is 1. The van der Waals surface area contributed by atoms with Crippen LogP contribution in [0.15, 0.2) is 30.9 Å². The first-order chi connectivity index (χ1) is 6.27. The van der Waals surface area contributed by atoms with E-state index in [9.17, 15) is 4.79 Å². The van der Waals surface area contributed by atoms with Gasteiger partial charge in [-0.25, -0.2) is 0 Å². The number of carbonyl (C=O) groups is 1. The number of carbonyl (C=O) groups excluding carboxylic acids is 1. The molecule has 3 heteroatoms. The number of benzene rings is 1. The van der Waals surface area contributed by atoms with Crippen molar-refractivity contribution in [3.8, 4) is 11.5 Å². The molecule has 0 saturated carbocycles. The van der Waals surface area contributed by atoms with Gasteiger partial charge in [-0.2, -0.15) is 0 Å². The average Bonchev–Trinajstić information content (AvgIpc) is 2.15. The van der Waals surface area contributed by atoms with E-state index < -0.39 is 0 Å². The van der Waals surface area contributed by atoms with Crippen LogP contribution < -0.4 is 4.74 Å². The Morgan fingerprint density at radius 3 is 2.92 bits per heavy atom. The lowest BCUT2D eigenvalue weighted by Gasteiger charge is -2.05. The molecule has 13 heavy (non-hydrogen) atoms. The minimum atomic E-state index is 0.0738. The van der Waals surface area contributed by atoms with Crippen molar-refractivity contribution in [2.75, 3.05) is 6.61 Å². The maximum absolute atomic E-state index is 10.5. The third-order valence-corrected chi connectivity index (χ3v) is 1.48. The van der Waals surface area contributed by atoms with Gasteiger partial charge in [0.2, 0.25) is 0 Å². The Bertz CT molecular complexity index is 318. The van der Waals surface area contributed by atoms with Gasteiger partial charge in [0.25, 0.3) is 0 Å². The van der Waals surface area contributed by atoms with Crippen LogP contribution in [-0.2, 0) is 0 Å². The molecule has 0 bridgehead atoms. The first-order valence-corrected chi connectivity index (χ1v) is 3.80. The molecule has 0 aromatic heterocycles. The molecule has 0 amide bonds. The lowest BCUT2D eigenvalue weighted by atomic mass is 10.2. The van der Waals surface area contributed by atoms with E-state index in [2.05, 4.69) is 6.58 Å². The van der Waals surface area contributed by atoms with Crippen molar-refractivity contribution in [2.45, 2.75) is 0 Å². The zero-order valence-corrected chi connectivity index (χ0v) is 7.06. The van der Waals surface area contributed by atoms with E-state index in [1.165, 1.54) is 18.2 Å². The summed E-state index contributed by atoms with van der Waals surface area (Å²) in [4.78, 5) is 10.5. The third kappa shape index (κ3) is 2.33. The minimum Gasteiger partial charge on any atom is -0.508 e. The van der Waals surface area contributed by atoms with Gasteiger partial charge >= 0.3 is 0 Å². The van der Waals surface area contributed by atoms with Gasteiger partial charge in [0.1, 0.15) is 18.1 Å². The molecule has 3 nitrogen and oxygen atoms in total. The maximum atomic E-state index is 10.5. The molecule has 0 aliphatic heterocycles. The molecule has 0 heterocycles. The molecule has 1 aromatic carbocycles. The molecule has 0 unspecified atom stereocenters. The molecule has 0 fully saturated rings. The maximum Gasteiger partial charge on any atom is 0.153 e. The summed E-state index contributed by atoms with van der Waals surface area (Å²) in [6, 6.07) is 4.33. The molecule has 1 aromatic rings. The number of phenolic OH excluding ortho intramolecular Hbond substituents is 1. The van der Waals surface area contributed by atoms with Crippen molar-refractivity contribution in [3.05, 3.63) is 36.4 Å². The number of hydrogen-bond acceptors (Lipinski definition) is 3. The van der Waals surface area contributed by atoms with Crippen LogP contribution in [0.4, 0.5) is 0 Å². The van der Waals surface area contributed by atoms with Crippen molar-refractivity contribution in [1.29, 1.82) is 0 Å². The second-order valence-corrected chi connectivity index (χ2v) is 2.44. The summed E-state index contributed by atoms with van der Waals surface area (Å²) in [5.74, 6) is 0.444. The molecule has 0 atom stereocenters. The predicted octanol–water partition coefficient (Wildman–Crippen LogP) is 1.77. The third-order valence-electron chi connectivity index (χ3n) is 1.48. The van der Waals surface area contributed by atoms with E-state index in [0.717, 1.165) is 0 Å². The number of phenols is 1. The fourth-order valence-electron chi connectivity index (χ4n) is 0.894. The summed E-state index contributed by atoms with van der Waals surface area (Å²) < 4.78 is 5.15. The van der Waals surface area contributed by atoms with Gasteiger partial charge in [-0.05, 0) is 12.1 Å². The monoisotopic (exact) mass is 178 g/mol. The van der Waals surface area contributed by atoms with E-state index in [1.807, 2.05) is 0 Å². The van der Waals surface area contributed by atoms with Crippen LogP contribution in [0.25, 0.3) is 0 Å². The summed E-state index contributed by atoms with van der Waals surface area (Å²) in [5, 5.41) is 9.11. The van der Waals surface area contributed by atoms with Crippen LogP contribution >= 0.6 is 0 Å². The van der Waals surface area contributed by atoms with E-state index in [0.29, 0.717) is 24.2 Å². The van der Waals surface area contributed by atoms with Gasteiger partial charge in [-0.15, -0.1) is 0 Å². The highest BCUT2D eigenvalue weighted by Crippen LogP contribution is 2.22. The van der Waals surface area contributed by atoms with E-state index in [4.69, 9.17) is 9.84 Å². The summed E-state index contributed by atoms with van der Waals surface area (Å²) >= 11 is 0. The largest absolute Gasteiger partial charge is 0.508 e. The van der Waals surface area contributed by atoms with Crippen LogP contribution in [0.2, 0.25) is 0 Å². The fourth-order valence-corrected chi connectivity index (χ4v) is 0.894. The highest BCUT2D eigenvalue weighted by atomic mass is 16.5. The normalized spacial score (nSPS) is 9.23. The lowest BCUT2D eigenvalue weighted by molar-refractivity contribution is 0.112. The zero-order valence-electron chi connectivity index (χ0n) is 7.06. The van der Waals surface area contributed by atoms with Crippen molar-refractivity contribution < 1.29 is 14.6 Å². The molecular weight excluding hydrogens is 168 g/mol. The smallest absolute Gasteiger partial charge is 0.153 e. The summed E-state index contributed by atoms with van der Waals surface area (Å²) in [5.41, 5.74) is 0.416. The minimum absolute atomic E-state index is 0.0738. The number of rotatable bonds is 4. The molecule has 0 radical (unpaired) electrons. The van der Waals surface area contributed by atoms with Gasteiger partial charge in [0.05, 0.1) is 5.56 Å². The Morgan fingerprint density at radius 2 is 2.31 bits per heavy atom. The van der Waals surface area contributed by atoms with Crippen molar-refractivity contribution in [3.63, 3.8) is 0 Å². The number of aromatic hydroxyl groups is 1. The van der Waals surface area contributed by atoms with E-state index in [1.54, 1.807) is 6.08 Å². The first-order valence-electron chi connectivity index (χ1n) is 3.80. The molecular formula is C10H10O3. The van der Waals surface area contributed by atoms with Crippen LogP contribution in [0, 0.1) is 0 Å². The predicted molar refractivity (Wildman–Crippen MR) is 49.2 cm³/mol. The molecule has 0 saturated heterocycles. The summed E-state index contributed by atoms with van der Waals surface area (Å²) in [6.07, 6.45) is 2.25. The topological polar surface area (TPSA) is 46.5 Å². The quantitative estimate of drug-likeness (QED) is 0.564. The Kier molecular flexibility index (Phi) is 3.09. The molecule has 1 N–H and O–H groups in total. The Labute approximate surface area is 76.3 Å². The van der Waals surface area contributed by atoms with Gasteiger partial charge in [-0.3, -0.25) is 4.79 Å². The molecule has 68 valence electrons. The molecule has 0 aliphatic carbocycles. The summed E-state index contributed by atoms with van der Waals surface area (Å²) in [6.45, 7) is 3.79. The van der Waals surface area contributed by atoms with E-state index in [-0.39, 0.29) is 5.75 Å². The average molecular weight is 178 g/mol. The van der Waals surface area contributed by atoms with Gasteiger partial charge in [0, 0.05) is 6.07 Å². The molecule has 1 rings (SSSR count). The van der Waals surface area contributed by atoms with Crippen molar-refractivity contribution in [2.24, 2.45) is 0 Å². The van der Waals surface area contributed by atoms with Gasteiger partial charge in [0.15, 0.2) is 6.29 Å². The fraction of sp³-hybridized carbons (Fsp3) is 0.100. The summed E-state index contributed by atoms with van der Waals surface area (Å²) in [7, 11) is 0. The SMILES string of the molecule is C=CCOc1cc(O)ccc1C=O. The van der Waals surface area contributed by atoms with Crippen molar-refractivity contribution in [1.82, 2.24) is 0 Å². The first kappa shape index (κ1) is 9.32. The number of hydrogen-bond donors (Lipinski definition) is 1. The second kappa shape index (κ2) is 4.30. The molecule has 0 aliphatic rings. The van der Waals surface area contributed by atoms with Crippen LogP contribution in [0.5, 0.6) is 11.5 Å². The Balaban J connectivity index is 2.93. The Morgan fingerprint density at radius 1 is 1.54 bits per heavy atom. The van der Waals surface area contributed by atoms with Gasteiger partial charge < -0.3 is 9.84 Å². The highest BCUT2D eigenvalue weighted by molar-refractivity contribution is 5.79. The standard InChI is InChI=1S/C10H10O3/c1-2-5-13-10-6-9(12)4-3-8(10)7-11/h2-4,6-7,12H,1,5H2. The van der Waals surface area contributed by atoms with Crippen LogP contribution in [0.1, 0.15) is 10.4 Å². The lowest BCUT2D eigenvalue weighted by Crippen LogP contribution is -1.96. The van der Waals surface area contributed by atoms with Crippen LogP contribution in [0.3, 0.4) is 0 Å². The number of ether oxygens (including phenoxy) is 1.